The molecule has 6 heteroatoms. The summed E-state index contributed by atoms with van der Waals surface area (Å²) in [5, 5.41) is 0. The van der Waals surface area contributed by atoms with Crippen LogP contribution in [-0.2, 0) is 0 Å². The highest BCUT2D eigenvalue weighted by Crippen LogP contribution is 2.26. The average molecular weight is 394 g/mol. The summed E-state index contributed by atoms with van der Waals surface area (Å²) in [6, 6.07) is 1.99. The van der Waals surface area contributed by atoms with E-state index in [1.165, 1.54) is 0 Å². The Hall–Kier alpha value is -0.760. The zero-order chi connectivity index (χ0) is 14.9. The van der Waals surface area contributed by atoms with Crippen LogP contribution in [0.2, 0.25) is 0 Å². The normalized spacial score (nSPS) is 22.9. The number of benzene rings is 1. The topological polar surface area (TPSA) is 46.3 Å². The van der Waals surface area contributed by atoms with E-state index in [0.29, 0.717) is 22.6 Å². The van der Waals surface area contributed by atoms with Gasteiger partial charge in [-0.05, 0) is 53.5 Å². The van der Waals surface area contributed by atoms with Crippen molar-refractivity contribution in [2.45, 2.75) is 25.8 Å². The summed E-state index contributed by atoms with van der Waals surface area (Å²) in [4.78, 5) is 14.2. The minimum absolute atomic E-state index is 0.0323. The molecule has 1 aromatic rings. The van der Waals surface area contributed by atoms with Crippen LogP contribution in [0.5, 0.6) is 0 Å². The first-order valence-corrected chi connectivity index (χ1v) is 7.67. The molecule has 0 aliphatic carbocycles. The molecule has 2 unspecified atom stereocenters. The van der Waals surface area contributed by atoms with Gasteiger partial charge in [-0.25, -0.2) is 8.78 Å². The Morgan fingerprint density at radius 1 is 1.45 bits per heavy atom. The van der Waals surface area contributed by atoms with Crippen LogP contribution in [0.1, 0.15) is 30.1 Å². The molecule has 1 aliphatic rings. The number of rotatable bonds is 2. The Balaban J connectivity index is 2.28. The van der Waals surface area contributed by atoms with Crippen molar-refractivity contribution in [1.82, 2.24) is 4.90 Å². The van der Waals surface area contributed by atoms with Crippen LogP contribution in [-0.4, -0.2) is 29.9 Å². The molecule has 20 heavy (non-hydrogen) atoms. The predicted octanol–water partition coefficient (Wildman–Crippen LogP) is 2.77. The molecule has 1 amide bonds. The average Bonchev–Trinajstić information content (AvgIpc) is 2.42. The van der Waals surface area contributed by atoms with Crippen molar-refractivity contribution in [3.63, 3.8) is 0 Å². The second kappa shape index (κ2) is 6.34. The van der Waals surface area contributed by atoms with E-state index in [0.717, 1.165) is 25.0 Å². The summed E-state index contributed by atoms with van der Waals surface area (Å²) in [7, 11) is 0. The number of carbonyl (C=O) groups is 1. The van der Waals surface area contributed by atoms with E-state index in [-0.39, 0.29) is 17.5 Å². The molecule has 0 saturated carbocycles. The number of piperidine rings is 1. The maximum absolute atomic E-state index is 13.4. The van der Waals surface area contributed by atoms with Gasteiger partial charge in [0, 0.05) is 22.7 Å². The van der Waals surface area contributed by atoms with E-state index in [1.54, 1.807) is 4.90 Å². The number of likely N-dealkylation sites (tertiary alicyclic amines) is 1. The van der Waals surface area contributed by atoms with E-state index in [9.17, 15) is 13.6 Å². The first-order valence-electron chi connectivity index (χ1n) is 6.59. The maximum Gasteiger partial charge on any atom is 0.255 e. The molecule has 1 fully saturated rings. The molecule has 1 aromatic carbocycles. The SMILES string of the molecule is CC1CCN(C(=O)c2cc(F)c(F)cc2I)C(CN)C1. The minimum atomic E-state index is -0.997. The van der Waals surface area contributed by atoms with Crippen molar-refractivity contribution < 1.29 is 13.6 Å². The molecule has 0 spiro atoms. The molecule has 110 valence electrons. The highest BCUT2D eigenvalue weighted by atomic mass is 127. The fraction of sp³-hybridized carbons (Fsp3) is 0.500. The zero-order valence-corrected chi connectivity index (χ0v) is 13.4. The van der Waals surface area contributed by atoms with Gasteiger partial charge in [0.05, 0.1) is 5.56 Å². The Morgan fingerprint density at radius 2 is 2.10 bits per heavy atom. The number of nitrogens with zero attached hydrogens (tertiary/aromatic N) is 1. The molecule has 2 rings (SSSR count). The van der Waals surface area contributed by atoms with Gasteiger partial charge in [0.1, 0.15) is 0 Å². The number of hydrogen-bond donors (Lipinski definition) is 1. The fourth-order valence-corrected chi connectivity index (χ4v) is 3.24. The van der Waals surface area contributed by atoms with Gasteiger partial charge in [-0.3, -0.25) is 4.79 Å². The van der Waals surface area contributed by atoms with Crippen LogP contribution >= 0.6 is 22.6 Å². The second-order valence-electron chi connectivity index (χ2n) is 5.26. The zero-order valence-electron chi connectivity index (χ0n) is 11.2. The molecule has 0 radical (unpaired) electrons. The molecule has 0 aromatic heterocycles. The number of halogens is 3. The van der Waals surface area contributed by atoms with E-state index in [4.69, 9.17) is 5.73 Å². The van der Waals surface area contributed by atoms with Gasteiger partial charge < -0.3 is 10.6 Å². The maximum atomic E-state index is 13.4. The third-order valence-corrected chi connectivity index (χ3v) is 4.64. The van der Waals surface area contributed by atoms with Crippen LogP contribution < -0.4 is 5.73 Å². The third-order valence-electron chi connectivity index (χ3n) is 3.75. The molecule has 1 saturated heterocycles. The van der Waals surface area contributed by atoms with Gasteiger partial charge in [0.15, 0.2) is 11.6 Å². The fourth-order valence-electron chi connectivity index (χ4n) is 2.58. The highest BCUT2D eigenvalue weighted by Gasteiger charge is 2.30. The lowest BCUT2D eigenvalue weighted by atomic mass is 9.92. The first-order chi connectivity index (χ1) is 9.43. The van der Waals surface area contributed by atoms with E-state index in [2.05, 4.69) is 6.92 Å². The van der Waals surface area contributed by atoms with Crippen molar-refractivity contribution in [2.75, 3.05) is 13.1 Å². The van der Waals surface area contributed by atoms with Gasteiger partial charge in [0.25, 0.3) is 5.91 Å². The van der Waals surface area contributed by atoms with Crippen LogP contribution in [0, 0.1) is 21.1 Å². The van der Waals surface area contributed by atoms with Crippen LogP contribution in [0.4, 0.5) is 8.78 Å². The molecule has 0 bridgehead atoms. The number of amides is 1. The molecule has 1 heterocycles. The summed E-state index contributed by atoms with van der Waals surface area (Å²) in [6.07, 6.45) is 1.75. The number of nitrogens with two attached hydrogens (primary N) is 1. The van der Waals surface area contributed by atoms with Crippen molar-refractivity contribution in [3.05, 3.63) is 32.9 Å². The third kappa shape index (κ3) is 3.11. The Kier molecular flexibility index (Phi) is 4.95. The van der Waals surface area contributed by atoms with Gasteiger partial charge in [0.2, 0.25) is 0 Å². The lowest BCUT2D eigenvalue weighted by Crippen LogP contribution is -2.49. The van der Waals surface area contributed by atoms with Crippen molar-refractivity contribution in [1.29, 1.82) is 0 Å². The van der Waals surface area contributed by atoms with E-state index < -0.39 is 11.6 Å². The Morgan fingerprint density at radius 3 is 2.75 bits per heavy atom. The van der Waals surface area contributed by atoms with Crippen LogP contribution in [0.25, 0.3) is 0 Å². The van der Waals surface area contributed by atoms with Crippen molar-refractivity contribution in [3.8, 4) is 0 Å². The highest BCUT2D eigenvalue weighted by molar-refractivity contribution is 14.1. The van der Waals surface area contributed by atoms with Crippen molar-refractivity contribution in [2.24, 2.45) is 11.7 Å². The molecule has 3 nitrogen and oxygen atoms in total. The van der Waals surface area contributed by atoms with Gasteiger partial charge in [-0.1, -0.05) is 6.92 Å². The molecular formula is C14H17F2IN2O. The second-order valence-corrected chi connectivity index (χ2v) is 6.43. The van der Waals surface area contributed by atoms with Gasteiger partial charge in [-0.2, -0.15) is 0 Å². The lowest BCUT2D eigenvalue weighted by molar-refractivity contribution is 0.0572. The molecule has 2 N–H and O–H groups in total. The smallest absolute Gasteiger partial charge is 0.255 e. The lowest BCUT2D eigenvalue weighted by Gasteiger charge is -2.38. The monoisotopic (exact) mass is 394 g/mol. The minimum Gasteiger partial charge on any atom is -0.334 e. The van der Waals surface area contributed by atoms with E-state index in [1.807, 2.05) is 22.6 Å². The molecule has 1 aliphatic heterocycles. The first kappa shape index (κ1) is 15.6. The number of hydrogen-bond acceptors (Lipinski definition) is 2. The van der Waals surface area contributed by atoms with Gasteiger partial charge >= 0.3 is 0 Å². The van der Waals surface area contributed by atoms with Crippen LogP contribution in [0.3, 0.4) is 0 Å². The summed E-state index contributed by atoms with van der Waals surface area (Å²) in [5.41, 5.74) is 5.94. The number of carbonyl (C=O) groups excluding carboxylic acids is 1. The molecular weight excluding hydrogens is 377 g/mol. The standard InChI is InChI=1S/C14H17F2IN2O/c1-8-2-3-19(9(4-8)7-18)14(20)10-5-11(15)12(16)6-13(10)17/h5-6,8-9H,2-4,7,18H2,1H3. The predicted molar refractivity (Wildman–Crippen MR) is 81.4 cm³/mol. The Labute approximate surface area is 130 Å². The molecule has 2 atom stereocenters. The summed E-state index contributed by atoms with van der Waals surface area (Å²) in [6.45, 7) is 3.12. The largest absolute Gasteiger partial charge is 0.334 e. The summed E-state index contributed by atoms with van der Waals surface area (Å²) < 4.78 is 26.9. The van der Waals surface area contributed by atoms with E-state index >= 15 is 0 Å². The van der Waals surface area contributed by atoms with Gasteiger partial charge in [-0.15, -0.1) is 0 Å². The summed E-state index contributed by atoms with van der Waals surface area (Å²) in [5.74, 6) is -1.68. The summed E-state index contributed by atoms with van der Waals surface area (Å²) >= 11 is 1.85. The Bertz CT molecular complexity index is 524. The van der Waals surface area contributed by atoms with Crippen molar-refractivity contribution >= 4 is 28.5 Å². The van der Waals surface area contributed by atoms with Crippen LogP contribution in [0.15, 0.2) is 12.1 Å². The quantitative estimate of drug-likeness (QED) is 0.620.